The van der Waals surface area contributed by atoms with Crippen molar-refractivity contribution in [3.8, 4) is 0 Å². The van der Waals surface area contributed by atoms with Crippen LogP contribution in [0.2, 0.25) is 0 Å². The van der Waals surface area contributed by atoms with E-state index in [4.69, 9.17) is 0 Å². The summed E-state index contributed by atoms with van der Waals surface area (Å²) in [7, 11) is 0. The van der Waals surface area contributed by atoms with Gasteiger partial charge in [0.1, 0.15) is 0 Å². The lowest BCUT2D eigenvalue weighted by Gasteiger charge is -2.33. The quantitative estimate of drug-likeness (QED) is 0.929. The van der Waals surface area contributed by atoms with Crippen molar-refractivity contribution in [1.82, 2.24) is 15.1 Å². The maximum atomic E-state index is 12.1. The van der Waals surface area contributed by atoms with Crippen LogP contribution < -0.4 is 5.32 Å². The lowest BCUT2D eigenvalue weighted by atomic mass is 9.98. The Kier molecular flexibility index (Phi) is 3.78. The molecule has 2 saturated heterocycles. The van der Waals surface area contributed by atoms with Gasteiger partial charge in [-0.1, -0.05) is 30.3 Å². The van der Waals surface area contributed by atoms with Crippen LogP contribution in [0.5, 0.6) is 0 Å². The normalized spacial score (nSPS) is 30.9. The average Bonchev–Trinajstić information content (AvgIpc) is 3.00. The second-order valence-electron chi connectivity index (χ2n) is 7.08. The summed E-state index contributed by atoms with van der Waals surface area (Å²) in [6.07, 6.45) is 3.59. The number of amides is 2. The van der Waals surface area contributed by atoms with Gasteiger partial charge in [0.05, 0.1) is 0 Å². The van der Waals surface area contributed by atoms with Crippen molar-refractivity contribution in [1.29, 1.82) is 0 Å². The molecule has 2 heterocycles. The van der Waals surface area contributed by atoms with Crippen LogP contribution in [0.4, 0.5) is 4.79 Å². The fourth-order valence-electron chi connectivity index (χ4n) is 4.28. The summed E-state index contributed by atoms with van der Waals surface area (Å²) in [6.45, 7) is 5.24. The molecule has 1 N–H and O–H groups in total. The summed E-state index contributed by atoms with van der Waals surface area (Å²) in [5.41, 5.74) is 1.39. The minimum Gasteiger partial charge on any atom is -0.335 e. The number of hydrogen-bond donors (Lipinski definition) is 1. The van der Waals surface area contributed by atoms with Crippen molar-refractivity contribution in [3.05, 3.63) is 35.9 Å². The zero-order chi connectivity index (χ0) is 14.9. The van der Waals surface area contributed by atoms with E-state index < -0.39 is 0 Å². The molecule has 2 aliphatic heterocycles. The molecular weight excluding hydrogens is 274 g/mol. The maximum Gasteiger partial charge on any atom is 0.317 e. The molecule has 1 saturated carbocycles. The Hall–Kier alpha value is -1.55. The third kappa shape index (κ3) is 2.72. The lowest BCUT2D eigenvalue weighted by Crippen LogP contribution is -2.51. The van der Waals surface area contributed by atoms with Gasteiger partial charge >= 0.3 is 6.03 Å². The van der Waals surface area contributed by atoms with Gasteiger partial charge in [-0.05, 0) is 36.7 Å². The molecule has 4 heteroatoms. The van der Waals surface area contributed by atoms with Crippen molar-refractivity contribution in [3.63, 3.8) is 0 Å². The van der Waals surface area contributed by atoms with Gasteiger partial charge in [0.2, 0.25) is 0 Å². The van der Waals surface area contributed by atoms with Crippen LogP contribution >= 0.6 is 0 Å². The first kappa shape index (κ1) is 14.1. The van der Waals surface area contributed by atoms with Crippen molar-refractivity contribution < 1.29 is 4.79 Å². The first-order valence-corrected chi connectivity index (χ1v) is 8.61. The van der Waals surface area contributed by atoms with Gasteiger partial charge < -0.3 is 10.2 Å². The second-order valence-corrected chi connectivity index (χ2v) is 7.08. The Labute approximate surface area is 132 Å². The minimum absolute atomic E-state index is 0.165. The smallest absolute Gasteiger partial charge is 0.317 e. The van der Waals surface area contributed by atoms with Crippen LogP contribution in [0.1, 0.15) is 24.8 Å². The van der Waals surface area contributed by atoms with Crippen molar-refractivity contribution >= 4 is 6.03 Å². The van der Waals surface area contributed by atoms with Gasteiger partial charge in [0, 0.05) is 38.8 Å². The predicted molar refractivity (Wildman–Crippen MR) is 86.4 cm³/mol. The van der Waals surface area contributed by atoms with E-state index in [0.717, 1.165) is 44.9 Å². The highest BCUT2D eigenvalue weighted by Gasteiger charge is 2.43. The predicted octanol–water partition coefficient (Wildman–Crippen LogP) is 2.31. The minimum atomic E-state index is 0.165. The Morgan fingerprint density at radius 2 is 1.95 bits per heavy atom. The van der Waals surface area contributed by atoms with Crippen LogP contribution in [-0.4, -0.2) is 48.1 Å². The van der Waals surface area contributed by atoms with E-state index in [9.17, 15) is 4.79 Å². The number of nitrogens with one attached hydrogen (secondary N) is 1. The number of carbonyl (C=O) groups is 1. The number of nitrogens with zero attached hydrogens (tertiary/aromatic N) is 2. The van der Waals surface area contributed by atoms with Crippen LogP contribution in [0, 0.1) is 11.8 Å². The van der Waals surface area contributed by atoms with E-state index in [1.165, 1.54) is 18.5 Å². The Balaban J connectivity index is 1.33. The third-order valence-electron chi connectivity index (χ3n) is 5.63. The molecule has 22 heavy (non-hydrogen) atoms. The Bertz CT molecular complexity index is 528. The number of fused-ring (bicyclic) bond motifs is 1. The molecule has 1 aliphatic carbocycles. The number of rotatable bonds is 3. The van der Waals surface area contributed by atoms with Gasteiger partial charge in [0.25, 0.3) is 0 Å². The molecule has 0 spiro atoms. The first-order valence-electron chi connectivity index (χ1n) is 8.61. The van der Waals surface area contributed by atoms with Crippen molar-refractivity contribution in [2.45, 2.75) is 31.8 Å². The van der Waals surface area contributed by atoms with Crippen molar-refractivity contribution in [2.24, 2.45) is 11.8 Å². The highest BCUT2D eigenvalue weighted by Crippen LogP contribution is 2.38. The number of likely N-dealkylation sites (tertiary alicyclic amines) is 2. The fourth-order valence-corrected chi connectivity index (χ4v) is 4.28. The fraction of sp³-hybridized carbons (Fsp3) is 0.611. The largest absolute Gasteiger partial charge is 0.335 e. The molecular formula is C18H25N3O. The molecule has 3 fully saturated rings. The summed E-state index contributed by atoms with van der Waals surface area (Å²) >= 11 is 0. The van der Waals surface area contributed by atoms with E-state index in [0.29, 0.717) is 12.0 Å². The molecule has 2 amide bonds. The van der Waals surface area contributed by atoms with E-state index in [1.54, 1.807) is 0 Å². The SMILES string of the molecule is O=C(NC1CC[C@@H]2CN(Cc3ccccc3)C[C@H]12)N1CCC1. The summed E-state index contributed by atoms with van der Waals surface area (Å²) < 4.78 is 0. The highest BCUT2D eigenvalue weighted by molar-refractivity contribution is 5.75. The molecule has 4 rings (SSSR count). The Morgan fingerprint density at radius 3 is 2.68 bits per heavy atom. The van der Waals surface area contributed by atoms with E-state index in [-0.39, 0.29) is 6.03 Å². The van der Waals surface area contributed by atoms with Crippen LogP contribution in [-0.2, 0) is 6.54 Å². The zero-order valence-corrected chi connectivity index (χ0v) is 13.1. The van der Waals surface area contributed by atoms with E-state index >= 15 is 0 Å². The number of benzene rings is 1. The van der Waals surface area contributed by atoms with Crippen LogP contribution in [0.25, 0.3) is 0 Å². The molecule has 0 bridgehead atoms. The third-order valence-corrected chi connectivity index (χ3v) is 5.63. The van der Waals surface area contributed by atoms with Gasteiger partial charge in [-0.25, -0.2) is 4.79 Å². The summed E-state index contributed by atoms with van der Waals surface area (Å²) in [5.74, 6) is 1.42. The van der Waals surface area contributed by atoms with E-state index in [2.05, 4.69) is 40.5 Å². The van der Waals surface area contributed by atoms with Crippen LogP contribution in [0.3, 0.4) is 0 Å². The van der Waals surface area contributed by atoms with Gasteiger partial charge in [-0.15, -0.1) is 0 Å². The molecule has 4 nitrogen and oxygen atoms in total. The molecule has 1 aromatic carbocycles. The van der Waals surface area contributed by atoms with Crippen LogP contribution in [0.15, 0.2) is 30.3 Å². The average molecular weight is 299 g/mol. The van der Waals surface area contributed by atoms with Gasteiger partial charge in [-0.2, -0.15) is 0 Å². The lowest BCUT2D eigenvalue weighted by molar-refractivity contribution is 0.160. The topological polar surface area (TPSA) is 35.6 Å². The highest BCUT2D eigenvalue weighted by atomic mass is 16.2. The number of urea groups is 1. The standard InChI is InChI=1S/C18H25N3O/c22-18(21-9-4-10-21)19-17-8-7-15-12-20(13-16(15)17)11-14-5-2-1-3-6-14/h1-3,5-6,15-17H,4,7-13H2,(H,19,22)/t15-,16+,17?/m1/s1. The molecule has 0 radical (unpaired) electrons. The molecule has 3 atom stereocenters. The number of hydrogen-bond acceptors (Lipinski definition) is 2. The van der Waals surface area contributed by atoms with Crippen molar-refractivity contribution in [2.75, 3.05) is 26.2 Å². The first-order chi connectivity index (χ1) is 10.8. The second kappa shape index (κ2) is 5.92. The zero-order valence-electron chi connectivity index (χ0n) is 13.1. The van der Waals surface area contributed by atoms with E-state index in [1.807, 2.05) is 4.90 Å². The molecule has 1 aromatic rings. The van der Waals surface area contributed by atoms with Gasteiger partial charge in [-0.3, -0.25) is 4.90 Å². The molecule has 3 aliphatic rings. The number of carbonyl (C=O) groups excluding carboxylic acids is 1. The summed E-state index contributed by atoms with van der Waals surface area (Å²) in [5, 5.41) is 3.30. The Morgan fingerprint density at radius 1 is 1.14 bits per heavy atom. The monoisotopic (exact) mass is 299 g/mol. The van der Waals surface area contributed by atoms with Gasteiger partial charge in [0.15, 0.2) is 0 Å². The molecule has 0 aromatic heterocycles. The summed E-state index contributed by atoms with van der Waals surface area (Å²) in [6, 6.07) is 11.3. The molecule has 1 unspecified atom stereocenters. The maximum absolute atomic E-state index is 12.1. The molecule has 118 valence electrons. The summed E-state index contributed by atoms with van der Waals surface area (Å²) in [4.78, 5) is 16.6.